The van der Waals surface area contributed by atoms with Gasteiger partial charge < -0.3 is 16.0 Å². The molecule has 3 N–H and O–H groups in total. The molecule has 1 unspecified atom stereocenters. The first-order valence-corrected chi connectivity index (χ1v) is 9.38. The zero-order valence-electron chi connectivity index (χ0n) is 15.8. The Kier molecular flexibility index (Phi) is 6.18. The molecule has 144 valence electrons. The lowest BCUT2D eigenvalue weighted by Gasteiger charge is -2.22. The quantitative estimate of drug-likeness (QED) is 0.717. The van der Waals surface area contributed by atoms with Crippen LogP contribution in [0.4, 0.5) is 5.69 Å². The van der Waals surface area contributed by atoms with Crippen LogP contribution in [0.3, 0.4) is 0 Å². The molecule has 2 aromatic rings. The highest BCUT2D eigenvalue weighted by atomic mass is 16.2. The number of carbonyl (C=O) groups is 2. The zero-order valence-corrected chi connectivity index (χ0v) is 15.8. The monoisotopic (exact) mass is 370 g/mol. The summed E-state index contributed by atoms with van der Waals surface area (Å²) in [6, 6.07) is 5.23. The van der Waals surface area contributed by atoms with Crippen molar-refractivity contribution in [2.45, 2.75) is 33.2 Å². The first-order chi connectivity index (χ1) is 13.1. The number of hydrogen-bond acceptors (Lipinski definition) is 5. The van der Waals surface area contributed by atoms with Crippen molar-refractivity contribution in [3.8, 4) is 0 Å². The molecule has 0 radical (unpaired) electrons. The van der Waals surface area contributed by atoms with E-state index in [9.17, 15) is 9.59 Å². The summed E-state index contributed by atoms with van der Waals surface area (Å²) >= 11 is 0. The number of benzene rings is 1. The van der Waals surface area contributed by atoms with Gasteiger partial charge in [0.1, 0.15) is 0 Å². The summed E-state index contributed by atoms with van der Waals surface area (Å²) in [6.07, 6.45) is 3.99. The van der Waals surface area contributed by atoms with E-state index in [0.717, 1.165) is 38.0 Å². The fourth-order valence-corrected chi connectivity index (χ4v) is 3.18. The van der Waals surface area contributed by atoms with Crippen LogP contribution in [0.2, 0.25) is 0 Å². The second kappa shape index (κ2) is 8.77. The smallest absolute Gasteiger partial charge is 0.277 e. The Hall–Kier alpha value is -2.74. The topological polar surface area (TPSA) is 101 Å². The number of carbonyl (C=O) groups excluding carboxylic acids is 2. The van der Waals surface area contributed by atoms with Gasteiger partial charge in [0.05, 0.1) is 6.20 Å². The van der Waals surface area contributed by atoms with E-state index in [-0.39, 0.29) is 17.5 Å². The van der Waals surface area contributed by atoms with Gasteiger partial charge in [0.15, 0.2) is 5.69 Å². The minimum atomic E-state index is -0.334. The lowest BCUT2D eigenvalue weighted by molar-refractivity contribution is 0.0954. The zero-order chi connectivity index (χ0) is 19.2. The number of nitrogens with zero attached hydrogens (tertiary/aromatic N) is 3. The van der Waals surface area contributed by atoms with E-state index in [0.29, 0.717) is 23.7 Å². The molecule has 1 atom stereocenters. The van der Waals surface area contributed by atoms with Crippen LogP contribution in [-0.4, -0.2) is 46.4 Å². The van der Waals surface area contributed by atoms with E-state index in [1.54, 1.807) is 23.0 Å². The lowest BCUT2D eigenvalue weighted by atomic mass is 10.00. The molecule has 1 aromatic heterocycles. The summed E-state index contributed by atoms with van der Waals surface area (Å²) in [4.78, 5) is 24.5. The summed E-state index contributed by atoms with van der Waals surface area (Å²) < 4.78 is 1.73. The molecular weight excluding hydrogens is 344 g/mol. The van der Waals surface area contributed by atoms with Crippen molar-refractivity contribution in [2.75, 3.05) is 25.0 Å². The summed E-state index contributed by atoms with van der Waals surface area (Å²) in [7, 11) is 0. The molecule has 2 heterocycles. The van der Waals surface area contributed by atoms with Crippen LogP contribution in [0.1, 0.15) is 46.2 Å². The number of anilines is 1. The maximum absolute atomic E-state index is 12.5. The van der Waals surface area contributed by atoms with E-state index in [1.807, 2.05) is 19.9 Å². The Morgan fingerprint density at radius 1 is 1.33 bits per heavy atom. The number of amides is 2. The van der Waals surface area contributed by atoms with Crippen molar-refractivity contribution in [2.24, 2.45) is 5.92 Å². The molecule has 0 spiro atoms. The highest BCUT2D eigenvalue weighted by molar-refractivity contribution is 6.04. The number of nitrogens with one attached hydrogen (secondary N) is 3. The molecule has 3 rings (SSSR count). The minimum Gasteiger partial charge on any atom is -0.352 e. The van der Waals surface area contributed by atoms with Gasteiger partial charge in [-0.1, -0.05) is 11.3 Å². The van der Waals surface area contributed by atoms with Gasteiger partial charge in [-0.25, -0.2) is 0 Å². The van der Waals surface area contributed by atoms with Crippen LogP contribution in [0, 0.1) is 12.8 Å². The highest BCUT2D eigenvalue weighted by Gasteiger charge is 2.17. The van der Waals surface area contributed by atoms with Crippen LogP contribution in [0.5, 0.6) is 0 Å². The number of aryl methyl sites for hydroxylation is 1. The number of rotatable bonds is 6. The van der Waals surface area contributed by atoms with Gasteiger partial charge in [-0.3, -0.25) is 14.3 Å². The third-order valence-corrected chi connectivity index (χ3v) is 4.70. The van der Waals surface area contributed by atoms with Crippen LogP contribution in [0.15, 0.2) is 24.4 Å². The second-order valence-corrected chi connectivity index (χ2v) is 6.88. The van der Waals surface area contributed by atoms with E-state index in [2.05, 4.69) is 26.3 Å². The molecule has 8 heteroatoms. The fourth-order valence-electron chi connectivity index (χ4n) is 3.18. The van der Waals surface area contributed by atoms with Gasteiger partial charge in [0, 0.05) is 24.3 Å². The predicted octanol–water partition coefficient (Wildman–Crippen LogP) is 1.59. The molecule has 0 aliphatic carbocycles. The van der Waals surface area contributed by atoms with Crippen molar-refractivity contribution in [1.82, 2.24) is 25.6 Å². The maximum Gasteiger partial charge on any atom is 0.277 e. The fraction of sp³-hybridized carbons (Fsp3) is 0.474. The standard InChI is InChI=1S/C19H26N6O2/c1-3-21-18(26)15-7-6-13(2)16(9-15)22-19(27)17-12-25(24-23-17)11-14-5-4-8-20-10-14/h6-7,9,12,14,20H,3-5,8,10-11H2,1-2H3,(H,21,26)(H,22,27). The summed E-state index contributed by atoms with van der Waals surface area (Å²) in [5.41, 5.74) is 2.24. The summed E-state index contributed by atoms with van der Waals surface area (Å²) in [5, 5.41) is 17.0. The first kappa shape index (κ1) is 19.0. The lowest BCUT2D eigenvalue weighted by Crippen LogP contribution is -2.32. The largest absolute Gasteiger partial charge is 0.352 e. The van der Waals surface area contributed by atoms with Gasteiger partial charge in [0.2, 0.25) is 0 Å². The van der Waals surface area contributed by atoms with Crippen molar-refractivity contribution in [3.05, 3.63) is 41.2 Å². The van der Waals surface area contributed by atoms with Crippen LogP contribution < -0.4 is 16.0 Å². The van der Waals surface area contributed by atoms with Gasteiger partial charge in [-0.05, 0) is 63.4 Å². The Morgan fingerprint density at radius 3 is 2.93 bits per heavy atom. The summed E-state index contributed by atoms with van der Waals surface area (Å²) in [6.45, 7) is 7.07. The Bertz CT molecular complexity index is 810. The SMILES string of the molecule is CCNC(=O)c1ccc(C)c(NC(=O)c2cn(CC3CCCNC3)nn2)c1. The molecule has 1 saturated heterocycles. The normalized spacial score (nSPS) is 16.7. The van der Waals surface area contributed by atoms with Gasteiger partial charge >= 0.3 is 0 Å². The van der Waals surface area contributed by atoms with Crippen LogP contribution in [-0.2, 0) is 6.54 Å². The van der Waals surface area contributed by atoms with Gasteiger partial charge in [-0.15, -0.1) is 5.10 Å². The minimum absolute atomic E-state index is 0.167. The molecule has 1 aliphatic heterocycles. The van der Waals surface area contributed by atoms with Crippen molar-refractivity contribution in [1.29, 1.82) is 0 Å². The maximum atomic E-state index is 12.5. The van der Waals surface area contributed by atoms with E-state index in [1.165, 1.54) is 0 Å². The van der Waals surface area contributed by atoms with Crippen LogP contribution in [0.25, 0.3) is 0 Å². The first-order valence-electron chi connectivity index (χ1n) is 9.38. The Morgan fingerprint density at radius 2 is 2.19 bits per heavy atom. The van der Waals surface area contributed by atoms with Gasteiger partial charge in [-0.2, -0.15) is 0 Å². The average molecular weight is 370 g/mol. The Balaban J connectivity index is 1.66. The predicted molar refractivity (Wildman–Crippen MR) is 103 cm³/mol. The molecule has 0 bridgehead atoms. The van der Waals surface area contributed by atoms with E-state index >= 15 is 0 Å². The summed E-state index contributed by atoms with van der Waals surface area (Å²) in [5.74, 6) is 0.00608. The second-order valence-electron chi connectivity index (χ2n) is 6.88. The van der Waals surface area contributed by atoms with Gasteiger partial charge in [0.25, 0.3) is 11.8 Å². The Labute approximate surface area is 158 Å². The molecule has 8 nitrogen and oxygen atoms in total. The van der Waals surface area contributed by atoms with Crippen LogP contribution >= 0.6 is 0 Å². The average Bonchev–Trinajstić information content (AvgIpc) is 3.13. The number of piperidine rings is 1. The number of aromatic nitrogens is 3. The van der Waals surface area contributed by atoms with Crippen molar-refractivity contribution >= 4 is 17.5 Å². The molecule has 2 amide bonds. The molecular formula is C19H26N6O2. The molecule has 1 aliphatic rings. The number of hydrogen-bond donors (Lipinski definition) is 3. The highest BCUT2D eigenvalue weighted by Crippen LogP contribution is 2.18. The molecule has 1 aromatic carbocycles. The van der Waals surface area contributed by atoms with Crippen molar-refractivity contribution < 1.29 is 9.59 Å². The molecule has 0 saturated carbocycles. The third kappa shape index (κ3) is 4.91. The van der Waals surface area contributed by atoms with E-state index < -0.39 is 0 Å². The third-order valence-electron chi connectivity index (χ3n) is 4.70. The van der Waals surface area contributed by atoms with Crippen molar-refractivity contribution in [3.63, 3.8) is 0 Å². The van der Waals surface area contributed by atoms with E-state index in [4.69, 9.17) is 0 Å². The molecule has 27 heavy (non-hydrogen) atoms. The molecule has 1 fully saturated rings.